The van der Waals surface area contributed by atoms with Gasteiger partial charge in [-0.15, -0.1) is 0 Å². The summed E-state index contributed by atoms with van der Waals surface area (Å²) < 4.78 is 0. The van der Waals surface area contributed by atoms with Crippen LogP contribution >= 0.6 is 0 Å². The molecule has 4 rings (SSSR count). The van der Waals surface area contributed by atoms with Crippen molar-refractivity contribution in [3.8, 4) is 0 Å². The molecule has 1 heterocycles. The Kier molecular flexibility index (Phi) is 2.73. The summed E-state index contributed by atoms with van der Waals surface area (Å²) in [5.74, 6) is -0.371. The Morgan fingerprint density at radius 3 is 2.14 bits per heavy atom. The smallest absolute Gasteiger partial charge is 0.266 e. The Hall–Kier alpha value is -2.75. The fourth-order valence-electron chi connectivity index (χ4n) is 3.26. The van der Waals surface area contributed by atoms with E-state index in [0.717, 1.165) is 11.1 Å². The minimum Gasteiger partial charge on any atom is -0.299 e. The highest BCUT2D eigenvalue weighted by Crippen LogP contribution is 2.34. The lowest BCUT2D eigenvalue weighted by atomic mass is 9.89. The van der Waals surface area contributed by atoms with E-state index in [-0.39, 0.29) is 17.6 Å². The summed E-state index contributed by atoms with van der Waals surface area (Å²) in [6.07, 6.45) is 1.43. The van der Waals surface area contributed by atoms with Crippen LogP contribution in [0, 0.1) is 0 Å². The van der Waals surface area contributed by atoms with E-state index < -0.39 is 0 Å². The van der Waals surface area contributed by atoms with Crippen LogP contribution in [0.15, 0.2) is 42.5 Å². The number of hydrogen-bond acceptors (Lipinski definition) is 3. The minimum absolute atomic E-state index is 0.201. The largest absolute Gasteiger partial charge is 0.299 e. The molecule has 0 spiro atoms. The zero-order valence-electron chi connectivity index (χ0n) is 11.8. The number of hydrogen-bond donors (Lipinski definition) is 0. The third-order valence-corrected chi connectivity index (χ3v) is 4.32. The Balaban J connectivity index is 1.85. The molecule has 1 aliphatic carbocycles. The molecule has 4 heteroatoms. The number of fused-ring (bicyclic) bond motifs is 2. The van der Waals surface area contributed by atoms with Gasteiger partial charge in [0, 0.05) is 12.8 Å². The van der Waals surface area contributed by atoms with Gasteiger partial charge in [-0.3, -0.25) is 14.4 Å². The first-order valence-electron chi connectivity index (χ1n) is 7.27. The zero-order valence-corrected chi connectivity index (χ0v) is 11.8. The molecule has 0 fully saturated rings. The Bertz CT molecular complexity index is 803. The summed E-state index contributed by atoms with van der Waals surface area (Å²) in [7, 11) is 0. The quantitative estimate of drug-likeness (QED) is 0.759. The first kappa shape index (κ1) is 13.0. The number of imide groups is 1. The summed E-state index contributed by atoms with van der Waals surface area (Å²) in [4.78, 5) is 38.1. The van der Waals surface area contributed by atoms with Crippen LogP contribution in [0.1, 0.15) is 38.3 Å². The molecule has 2 aliphatic rings. The minimum atomic E-state index is -0.286. The van der Waals surface area contributed by atoms with Gasteiger partial charge in [-0.2, -0.15) is 0 Å². The molecule has 0 N–H and O–H groups in total. The van der Waals surface area contributed by atoms with E-state index in [1.807, 2.05) is 6.07 Å². The van der Waals surface area contributed by atoms with Crippen molar-refractivity contribution in [3.63, 3.8) is 0 Å². The lowest BCUT2D eigenvalue weighted by Gasteiger charge is -2.23. The van der Waals surface area contributed by atoms with Crippen LogP contribution in [-0.2, 0) is 17.6 Å². The predicted octanol–water partition coefficient (Wildman–Crippen LogP) is 2.55. The van der Waals surface area contributed by atoms with Gasteiger partial charge in [0.25, 0.3) is 11.8 Å². The number of ketones is 1. The van der Waals surface area contributed by atoms with Crippen molar-refractivity contribution in [2.45, 2.75) is 19.3 Å². The Labute approximate surface area is 127 Å². The van der Waals surface area contributed by atoms with Gasteiger partial charge >= 0.3 is 0 Å². The summed E-state index contributed by atoms with van der Waals surface area (Å²) in [5.41, 5.74) is 3.37. The van der Waals surface area contributed by atoms with Gasteiger partial charge in [-0.25, -0.2) is 4.90 Å². The van der Waals surface area contributed by atoms with Crippen LogP contribution in [0.25, 0.3) is 0 Å². The molecule has 2 amide bonds. The van der Waals surface area contributed by atoms with Gasteiger partial charge in [0.2, 0.25) is 0 Å². The lowest BCUT2D eigenvalue weighted by molar-refractivity contribution is -0.118. The molecular formula is C18H13NO3. The fourth-order valence-corrected chi connectivity index (χ4v) is 3.26. The molecule has 0 saturated carbocycles. The van der Waals surface area contributed by atoms with Crippen LogP contribution in [0.3, 0.4) is 0 Å². The second-order valence-electron chi connectivity index (χ2n) is 5.62. The molecule has 0 aromatic heterocycles. The van der Waals surface area contributed by atoms with Crippen molar-refractivity contribution < 1.29 is 14.4 Å². The average molecular weight is 291 g/mol. The van der Waals surface area contributed by atoms with Crippen molar-refractivity contribution >= 4 is 23.3 Å². The van der Waals surface area contributed by atoms with Gasteiger partial charge in [0.15, 0.2) is 0 Å². The summed E-state index contributed by atoms with van der Waals surface area (Å²) in [6.45, 7) is 0. The van der Waals surface area contributed by atoms with Crippen LogP contribution < -0.4 is 4.90 Å². The van der Waals surface area contributed by atoms with Gasteiger partial charge < -0.3 is 0 Å². The highest BCUT2D eigenvalue weighted by molar-refractivity contribution is 6.34. The maximum absolute atomic E-state index is 12.6. The van der Waals surface area contributed by atoms with Crippen molar-refractivity contribution in [2.24, 2.45) is 0 Å². The van der Waals surface area contributed by atoms with E-state index >= 15 is 0 Å². The predicted molar refractivity (Wildman–Crippen MR) is 81.1 cm³/mol. The number of benzene rings is 2. The second-order valence-corrected chi connectivity index (χ2v) is 5.62. The van der Waals surface area contributed by atoms with Crippen molar-refractivity contribution in [1.29, 1.82) is 0 Å². The molecule has 0 radical (unpaired) electrons. The number of carbonyl (C=O) groups excluding carboxylic acids is 3. The van der Waals surface area contributed by atoms with E-state index in [1.54, 1.807) is 36.4 Å². The molecule has 0 unspecified atom stereocenters. The third kappa shape index (κ3) is 1.73. The molecule has 1 aliphatic heterocycles. The van der Waals surface area contributed by atoms with E-state index in [1.165, 1.54) is 4.90 Å². The van der Waals surface area contributed by atoms with Crippen LogP contribution in [0.2, 0.25) is 0 Å². The number of carbonyl (C=O) groups is 3. The third-order valence-electron chi connectivity index (χ3n) is 4.32. The maximum Gasteiger partial charge on any atom is 0.266 e. The normalized spacial score (nSPS) is 16.7. The monoisotopic (exact) mass is 291 g/mol. The molecule has 22 heavy (non-hydrogen) atoms. The standard InChI is InChI=1S/C18H13NO3/c20-12-8-9-13-11(10-12)4-3-7-16(13)19-17(21)14-5-1-2-6-15(14)18(19)22/h1-7H,8-10H2. The summed E-state index contributed by atoms with van der Waals surface area (Å²) in [5, 5.41) is 0. The zero-order chi connectivity index (χ0) is 15.3. The SMILES string of the molecule is O=C1CCc2c(cccc2N2C(=O)c3ccccc3C2=O)C1. The Morgan fingerprint density at radius 2 is 1.45 bits per heavy atom. The highest BCUT2D eigenvalue weighted by Gasteiger charge is 2.38. The molecule has 2 aromatic rings. The van der Waals surface area contributed by atoms with Crippen LogP contribution in [-0.4, -0.2) is 17.6 Å². The molecule has 4 nitrogen and oxygen atoms in total. The van der Waals surface area contributed by atoms with E-state index in [0.29, 0.717) is 36.1 Å². The fraction of sp³-hybridized carbons (Fsp3) is 0.167. The van der Waals surface area contributed by atoms with Gasteiger partial charge in [0.1, 0.15) is 5.78 Å². The Morgan fingerprint density at radius 1 is 0.773 bits per heavy atom. The number of Topliss-reactive ketones (excluding diaryl/α,β-unsaturated/α-hetero) is 1. The van der Waals surface area contributed by atoms with Gasteiger partial charge in [0.05, 0.1) is 16.8 Å². The average Bonchev–Trinajstić information content (AvgIpc) is 2.78. The van der Waals surface area contributed by atoms with Crippen molar-refractivity contribution in [2.75, 3.05) is 4.90 Å². The van der Waals surface area contributed by atoms with Crippen molar-refractivity contribution in [1.82, 2.24) is 0 Å². The molecule has 0 atom stereocenters. The number of nitrogens with zero attached hydrogens (tertiary/aromatic N) is 1. The molecule has 0 bridgehead atoms. The maximum atomic E-state index is 12.6. The lowest BCUT2D eigenvalue weighted by Crippen LogP contribution is -2.31. The van der Waals surface area contributed by atoms with E-state index in [4.69, 9.17) is 0 Å². The molecule has 108 valence electrons. The first-order chi connectivity index (χ1) is 10.7. The second kappa shape index (κ2) is 4.63. The first-order valence-corrected chi connectivity index (χ1v) is 7.27. The number of rotatable bonds is 1. The molecule has 0 saturated heterocycles. The van der Waals surface area contributed by atoms with E-state index in [2.05, 4.69) is 0 Å². The molecule has 2 aromatic carbocycles. The summed E-state index contributed by atoms with van der Waals surface area (Å²) in [6, 6.07) is 12.4. The number of anilines is 1. The van der Waals surface area contributed by atoms with Gasteiger partial charge in [-0.05, 0) is 35.7 Å². The molecular weight excluding hydrogens is 278 g/mol. The highest BCUT2D eigenvalue weighted by atomic mass is 16.2. The van der Waals surface area contributed by atoms with Gasteiger partial charge in [-0.1, -0.05) is 24.3 Å². The summed E-state index contributed by atoms with van der Waals surface area (Å²) >= 11 is 0. The topological polar surface area (TPSA) is 54.5 Å². The number of amides is 2. The van der Waals surface area contributed by atoms with Crippen molar-refractivity contribution in [3.05, 3.63) is 64.7 Å². The van der Waals surface area contributed by atoms with E-state index in [9.17, 15) is 14.4 Å². The van der Waals surface area contributed by atoms with Crippen LogP contribution in [0.5, 0.6) is 0 Å². The van der Waals surface area contributed by atoms with Crippen LogP contribution in [0.4, 0.5) is 5.69 Å².